The van der Waals surface area contributed by atoms with Crippen LogP contribution in [0, 0.1) is 5.92 Å². The average molecular weight is 213 g/mol. The molecule has 1 aliphatic rings. The molecule has 1 fully saturated rings. The van der Waals surface area contributed by atoms with Crippen LogP contribution >= 0.6 is 11.6 Å². The lowest BCUT2D eigenvalue weighted by molar-refractivity contribution is 0.0478. The summed E-state index contributed by atoms with van der Waals surface area (Å²) >= 11 is 5.68. The van der Waals surface area contributed by atoms with E-state index >= 15 is 0 Å². The van der Waals surface area contributed by atoms with Gasteiger partial charge in [0.2, 0.25) is 0 Å². The molecule has 0 saturated carbocycles. The zero-order chi connectivity index (χ0) is 9.97. The number of halogens is 1. The quantitative estimate of drug-likeness (QED) is 0.764. The van der Waals surface area contributed by atoms with Crippen molar-refractivity contribution in [1.29, 1.82) is 0 Å². The van der Waals surface area contributed by atoms with Crippen LogP contribution in [0.15, 0.2) is 18.3 Å². The summed E-state index contributed by atoms with van der Waals surface area (Å²) in [5.74, 6) is 0.468. The van der Waals surface area contributed by atoms with E-state index in [4.69, 9.17) is 16.7 Å². The predicted octanol–water partition coefficient (Wildman–Crippen LogP) is 1.16. The summed E-state index contributed by atoms with van der Waals surface area (Å²) in [5.41, 5.74) is 1.17. The van der Waals surface area contributed by atoms with Crippen molar-refractivity contribution in [1.82, 2.24) is 9.88 Å². The van der Waals surface area contributed by atoms with Crippen LogP contribution in [0.25, 0.3) is 0 Å². The molecule has 1 aliphatic heterocycles. The van der Waals surface area contributed by atoms with Gasteiger partial charge >= 0.3 is 0 Å². The van der Waals surface area contributed by atoms with Crippen molar-refractivity contribution in [3.05, 3.63) is 29.0 Å². The molecule has 0 bridgehead atoms. The Morgan fingerprint density at radius 2 is 2.29 bits per heavy atom. The highest BCUT2D eigenvalue weighted by Gasteiger charge is 2.25. The maximum atomic E-state index is 8.85. The number of aliphatic hydroxyl groups excluding tert-OH is 1. The Labute approximate surface area is 88.3 Å². The second-order valence-electron chi connectivity index (χ2n) is 3.73. The maximum absolute atomic E-state index is 8.85. The van der Waals surface area contributed by atoms with E-state index in [1.807, 2.05) is 6.07 Å². The first kappa shape index (κ1) is 9.90. The molecule has 1 saturated heterocycles. The Kier molecular flexibility index (Phi) is 3.01. The lowest BCUT2D eigenvalue weighted by Crippen LogP contribution is -2.47. The molecule has 76 valence electrons. The Morgan fingerprint density at radius 1 is 1.50 bits per heavy atom. The number of rotatable bonds is 3. The van der Waals surface area contributed by atoms with Crippen molar-refractivity contribution in [2.75, 3.05) is 19.7 Å². The molecule has 0 unspecified atom stereocenters. The summed E-state index contributed by atoms with van der Waals surface area (Å²) in [6, 6.07) is 3.79. The van der Waals surface area contributed by atoms with E-state index in [0.717, 1.165) is 19.6 Å². The second kappa shape index (κ2) is 4.26. The van der Waals surface area contributed by atoms with Crippen LogP contribution in [0.1, 0.15) is 5.56 Å². The summed E-state index contributed by atoms with van der Waals surface area (Å²) in [5, 5.41) is 9.38. The maximum Gasteiger partial charge on any atom is 0.129 e. The van der Waals surface area contributed by atoms with Gasteiger partial charge in [-0.15, -0.1) is 0 Å². The minimum atomic E-state index is 0.301. The molecule has 14 heavy (non-hydrogen) atoms. The number of aliphatic hydroxyl groups is 1. The van der Waals surface area contributed by atoms with Crippen molar-refractivity contribution < 1.29 is 5.11 Å². The van der Waals surface area contributed by atoms with Crippen LogP contribution in [0.5, 0.6) is 0 Å². The summed E-state index contributed by atoms with van der Waals surface area (Å²) in [6.45, 7) is 3.17. The normalized spacial score (nSPS) is 18.1. The van der Waals surface area contributed by atoms with Gasteiger partial charge in [-0.05, 0) is 11.6 Å². The van der Waals surface area contributed by atoms with E-state index in [1.54, 1.807) is 12.3 Å². The fraction of sp³-hybridized carbons (Fsp3) is 0.500. The molecule has 4 heteroatoms. The van der Waals surface area contributed by atoms with E-state index in [0.29, 0.717) is 17.7 Å². The number of aromatic nitrogens is 1. The number of hydrogen-bond donors (Lipinski definition) is 1. The van der Waals surface area contributed by atoms with E-state index in [2.05, 4.69) is 9.88 Å². The molecule has 2 rings (SSSR count). The third-order valence-corrected chi connectivity index (χ3v) is 2.71. The highest BCUT2D eigenvalue weighted by Crippen LogP contribution is 2.17. The van der Waals surface area contributed by atoms with E-state index < -0.39 is 0 Å². The summed E-state index contributed by atoms with van der Waals surface area (Å²) in [6.07, 6.45) is 1.80. The van der Waals surface area contributed by atoms with Crippen molar-refractivity contribution >= 4 is 11.6 Å². The first-order valence-electron chi connectivity index (χ1n) is 4.71. The number of pyridine rings is 1. The van der Waals surface area contributed by atoms with Crippen LogP contribution in [-0.2, 0) is 6.54 Å². The summed E-state index contributed by atoms with van der Waals surface area (Å²) in [4.78, 5) is 6.30. The Hall–Kier alpha value is -0.640. The third-order valence-electron chi connectivity index (χ3n) is 2.49. The van der Waals surface area contributed by atoms with Crippen LogP contribution in [-0.4, -0.2) is 34.7 Å². The monoisotopic (exact) mass is 212 g/mol. The fourth-order valence-corrected chi connectivity index (χ4v) is 1.79. The van der Waals surface area contributed by atoms with Gasteiger partial charge in [-0.3, -0.25) is 4.90 Å². The minimum Gasteiger partial charge on any atom is -0.396 e. The first-order chi connectivity index (χ1) is 6.78. The highest BCUT2D eigenvalue weighted by molar-refractivity contribution is 6.29. The van der Waals surface area contributed by atoms with Gasteiger partial charge in [-0.1, -0.05) is 17.7 Å². The SMILES string of the molecule is OCC1CN(Cc2ccc(Cl)nc2)C1. The van der Waals surface area contributed by atoms with Gasteiger partial charge < -0.3 is 5.11 Å². The van der Waals surface area contributed by atoms with Crippen molar-refractivity contribution in [2.24, 2.45) is 5.92 Å². The molecule has 0 aromatic carbocycles. The van der Waals surface area contributed by atoms with Crippen LogP contribution in [0.4, 0.5) is 0 Å². The van der Waals surface area contributed by atoms with Crippen molar-refractivity contribution in [3.63, 3.8) is 0 Å². The molecule has 3 nitrogen and oxygen atoms in total. The van der Waals surface area contributed by atoms with Gasteiger partial charge in [-0.2, -0.15) is 0 Å². The minimum absolute atomic E-state index is 0.301. The Bertz CT molecular complexity index is 295. The van der Waals surface area contributed by atoms with Crippen LogP contribution in [0.3, 0.4) is 0 Å². The molecular formula is C10H13ClN2O. The summed E-state index contributed by atoms with van der Waals surface area (Å²) < 4.78 is 0. The van der Waals surface area contributed by atoms with Crippen LogP contribution < -0.4 is 0 Å². The average Bonchev–Trinajstić information content (AvgIpc) is 2.13. The lowest BCUT2D eigenvalue weighted by Gasteiger charge is -2.38. The topological polar surface area (TPSA) is 36.4 Å². The Balaban J connectivity index is 1.84. The number of likely N-dealkylation sites (tertiary alicyclic amines) is 1. The second-order valence-corrected chi connectivity index (χ2v) is 4.12. The molecule has 0 amide bonds. The fourth-order valence-electron chi connectivity index (χ4n) is 1.68. The molecule has 0 radical (unpaired) electrons. The largest absolute Gasteiger partial charge is 0.396 e. The number of nitrogens with zero attached hydrogens (tertiary/aromatic N) is 2. The molecule has 0 atom stereocenters. The molecule has 0 aliphatic carbocycles. The Morgan fingerprint density at radius 3 is 2.86 bits per heavy atom. The smallest absolute Gasteiger partial charge is 0.129 e. The number of hydrogen-bond acceptors (Lipinski definition) is 3. The van der Waals surface area contributed by atoms with Crippen LogP contribution in [0.2, 0.25) is 5.15 Å². The first-order valence-corrected chi connectivity index (χ1v) is 5.09. The highest BCUT2D eigenvalue weighted by atomic mass is 35.5. The van der Waals surface area contributed by atoms with Gasteiger partial charge in [0.15, 0.2) is 0 Å². The molecule has 1 aromatic rings. The lowest BCUT2D eigenvalue weighted by atomic mass is 10.0. The van der Waals surface area contributed by atoms with E-state index in [1.165, 1.54) is 5.56 Å². The molecule has 1 N–H and O–H groups in total. The van der Waals surface area contributed by atoms with Gasteiger partial charge in [0, 0.05) is 38.4 Å². The standard InChI is InChI=1S/C10H13ClN2O/c11-10-2-1-8(3-12-10)4-13-5-9(6-13)7-14/h1-3,9,14H,4-7H2. The van der Waals surface area contributed by atoms with E-state index in [-0.39, 0.29) is 0 Å². The molecule has 2 heterocycles. The van der Waals surface area contributed by atoms with Gasteiger partial charge in [0.25, 0.3) is 0 Å². The van der Waals surface area contributed by atoms with Gasteiger partial charge in [0.1, 0.15) is 5.15 Å². The third kappa shape index (κ3) is 2.23. The zero-order valence-corrected chi connectivity index (χ0v) is 8.61. The van der Waals surface area contributed by atoms with E-state index in [9.17, 15) is 0 Å². The van der Waals surface area contributed by atoms with Crippen molar-refractivity contribution in [3.8, 4) is 0 Å². The van der Waals surface area contributed by atoms with Gasteiger partial charge in [0.05, 0.1) is 0 Å². The summed E-state index contributed by atoms with van der Waals surface area (Å²) in [7, 11) is 0. The molecule has 1 aromatic heterocycles. The molecule has 0 spiro atoms. The zero-order valence-electron chi connectivity index (χ0n) is 7.86. The van der Waals surface area contributed by atoms with Crippen molar-refractivity contribution in [2.45, 2.75) is 6.54 Å². The molecular weight excluding hydrogens is 200 g/mol. The van der Waals surface area contributed by atoms with Gasteiger partial charge in [-0.25, -0.2) is 4.98 Å². The predicted molar refractivity (Wildman–Crippen MR) is 55.1 cm³/mol.